The number of thioether (sulfide) groups is 1. The average molecular weight is 272 g/mol. The molecule has 1 aliphatic carbocycles. The van der Waals surface area contributed by atoms with Crippen molar-refractivity contribution in [3.05, 3.63) is 0 Å². The molecule has 0 aromatic rings. The van der Waals surface area contributed by atoms with Gasteiger partial charge in [-0.3, -0.25) is 0 Å². The number of rotatable bonds is 6. The Morgan fingerprint density at radius 3 is 2.06 bits per heavy atom. The Balaban J connectivity index is 2.32. The molecule has 0 spiro atoms. The molecule has 1 saturated carbocycles. The molecule has 0 bridgehead atoms. The molecule has 0 atom stereocenters. The van der Waals surface area contributed by atoms with Crippen LogP contribution in [-0.4, -0.2) is 23.6 Å². The highest BCUT2D eigenvalue weighted by Crippen LogP contribution is 2.40. The van der Waals surface area contributed by atoms with Crippen LogP contribution >= 0.6 is 11.8 Å². The summed E-state index contributed by atoms with van der Waals surface area (Å²) in [6.45, 7) is 13.0. The van der Waals surface area contributed by atoms with E-state index in [0.717, 1.165) is 18.5 Å². The van der Waals surface area contributed by atoms with E-state index in [1.165, 1.54) is 32.1 Å². The van der Waals surface area contributed by atoms with Gasteiger partial charge in [-0.1, -0.05) is 27.2 Å². The summed E-state index contributed by atoms with van der Waals surface area (Å²) >= 11 is 1.96. The number of nitrogens with one attached hydrogen (secondary N) is 1. The van der Waals surface area contributed by atoms with Gasteiger partial charge in [0.05, 0.1) is 0 Å². The van der Waals surface area contributed by atoms with Gasteiger partial charge in [0.15, 0.2) is 0 Å². The van der Waals surface area contributed by atoms with Crippen LogP contribution < -0.4 is 5.32 Å². The monoisotopic (exact) mass is 271 g/mol. The van der Waals surface area contributed by atoms with Crippen molar-refractivity contribution in [1.29, 1.82) is 0 Å². The third kappa shape index (κ3) is 4.77. The van der Waals surface area contributed by atoms with Crippen LogP contribution in [0.1, 0.15) is 66.7 Å². The minimum Gasteiger partial charge on any atom is -0.313 e. The van der Waals surface area contributed by atoms with Gasteiger partial charge in [-0.2, -0.15) is 11.8 Å². The summed E-state index contributed by atoms with van der Waals surface area (Å²) in [5.74, 6) is 0.939. The maximum atomic E-state index is 3.78. The average Bonchev–Trinajstić information content (AvgIpc) is 2.37. The van der Waals surface area contributed by atoms with E-state index < -0.39 is 0 Å². The lowest BCUT2D eigenvalue weighted by Gasteiger charge is -2.39. The second-order valence-corrected chi connectivity index (χ2v) is 8.75. The molecular weight excluding hydrogens is 238 g/mol. The van der Waals surface area contributed by atoms with Crippen LogP contribution in [-0.2, 0) is 0 Å². The second kappa shape index (κ2) is 6.65. The van der Waals surface area contributed by atoms with Crippen LogP contribution in [0.3, 0.4) is 0 Å². The van der Waals surface area contributed by atoms with Crippen molar-refractivity contribution in [2.45, 2.75) is 77.5 Å². The lowest BCUT2D eigenvalue weighted by atomic mass is 9.69. The van der Waals surface area contributed by atoms with E-state index in [4.69, 9.17) is 0 Å². The third-order valence-corrected chi connectivity index (χ3v) is 6.36. The highest BCUT2D eigenvalue weighted by Gasteiger charge is 2.32. The van der Waals surface area contributed by atoms with E-state index in [1.807, 2.05) is 11.8 Å². The first-order valence-electron chi connectivity index (χ1n) is 7.59. The molecule has 0 unspecified atom stereocenters. The quantitative estimate of drug-likeness (QED) is 0.750. The normalized spacial score (nSPS) is 26.3. The molecule has 0 radical (unpaired) electrons. The van der Waals surface area contributed by atoms with Crippen molar-refractivity contribution in [3.63, 3.8) is 0 Å². The molecule has 1 fully saturated rings. The molecule has 1 nitrogen and oxygen atoms in total. The molecule has 0 aromatic carbocycles. The topological polar surface area (TPSA) is 12.0 Å². The summed E-state index contributed by atoms with van der Waals surface area (Å²) in [6, 6.07) is 0.764. The predicted octanol–water partition coefficient (Wildman–Crippen LogP) is 4.71. The summed E-state index contributed by atoms with van der Waals surface area (Å²) in [5, 5.41) is 3.78. The smallest absolute Gasteiger partial charge is 0.0225 e. The van der Waals surface area contributed by atoms with Gasteiger partial charge in [0.25, 0.3) is 0 Å². The molecule has 18 heavy (non-hydrogen) atoms. The zero-order valence-electron chi connectivity index (χ0n) is 13.3. The number of hydrogen-bond donors (Lipinski definition) is 1. The van der Waals surface area contributed by atoms with Crippen LogP contribution in [0.2, 0.25) is 0 Å². The predicted molar refractivity (Wildman–Crippen MR) is 85.4 cm³/mol. The van der Waals surface area contributed by atoms with Crippen molar-refractivity contribution in [3.8, 4) is 0 Å². The maximum Gasteiger partial charge on any atom is 0.0225 e. The molecule has 108 valence electrons. The molecule has 0 amide bonds. The summed E-state index contributed by atoms with van der Waals surface area (Å²) in [6.07, 6.45) is 9.10. The molecule has 1 N–H and O–H groups in total. The van der Waals surface area contributed by atoms with Gasteiger partial charge >= 0.3 is 0 Å². The molecular formula is C16H33NS. The molecule has 2 heteroatoms. The molecule has 0 heterocycles. The Kier molecular flexibility index (Phi) is 6.05. The van der Waals surface area contributed by atoms with Crippen LogP contribution in [0, 0.1) is 11.3 Å². The largest absolute Gasteiger partial charge is 0.313 e. The van der Waals surface area contributed by atoms with Crippen LogP contribution in [0.4, 0.5) is 0 Å². The van der Waals surface area contributed by atoms with Gasteiger partial charge in [0.2, 0.25) is 0 Å². The first kappa shape index (κ1) is 16.4. The van der Waals surface area contributed by atoms with Gasteiger partial charge in [0.1, 0.15) is 0 Å². The highest BCUT2D eigenvalue weighted by molar-refractivity contribution is 7.99. The van der Waals surface area contributed by atoms with Crippen molar-refractivity contribution in [2.24, 2.45) is 11.3 Å². The highest BCUT2D eigenvalue weighted by atomic mass is 32.2. The van der Waals surface area contributed by atoms with Gasteiger partial charge in [0, 0.05) is 17.3 Å². The van der Waals surface area contributed by atoms with E-state index in [0.29, 0.717) is 10.2 Å². The van der Waals surface area contributed by atoms with E-state index in [2.05, 4.69) is 46.2 Å². The molecule has 1 rings (SSSR count). The van der Waals surface area contributed by atoms with Crippen molar-refractivity contribution in [1.82, 2.24) is 5.32 Å². The Bertz CT molecular complexity index is 239. The van der Waals surface area contributed by atoms with Crippen LogP contribution in [0.5, 0.6) is 0 Å². The fraction of sp³-hybridized carbons (Fsp3) is 1.00. The van der Waals surface area contributed by atoms with E-state index >= 15 is 0 Å². The first-order valence-corrected chi connectivity index (χ1v) is 8.82. The van der Waals surface area contributed by atoms with Gasteiger partial charge in [-0.05, 0) is 57.1 Å². The maximum absolute atomic E-state index is 3.78. The molecule has 0 saturated heterocycles. The van der Waals surface area contributed by atoms with E-state index in [-0.39, 0.29) is 0 Å². The molecule has 1 aliphatic rings. The summed E-state index contributed by atoms with van der Waals surface area (Å²) < 4.78 is 0.375. The second-order valence-electron chi connectivity index (χ2n) is 7.24. The SMILES string of the molecule is CCC(C)(C)C1CCC(NCC(C)(C)SC)CC1. The third-order valence-electron chi connectivity index (χ3n) is 5.11. The fourth-order valence-electron chi connectivity index (χ4n) is 2.83. The number of hydrogen-bond acceptors (Lipinski definition) is 2. The van der Waals surface area contributed by atoms with Gasteiger partial charge in [-0.25, -0.2) is 0 Å². The van der Waals surface area contributed by atoms with Crippen molar-refractivity contribution >= 4 is 11.8 Å². The summed E-state index contributed by atoms with van der Waals surface area (Å²) in [4.78, 5) is 0. The van der Waals surface area contributed by atoms with Gasteiger partial charge < -0.3 is 5.32 Å². The van der Waals surface area contributed by atoms with Crippen LogP contribution in [0.25, 0.3) is 0 Å². The molecule has 0 aromatic heterocycles. The van der Waals surface area contributed by atoms with E-state index in [1.54, 1.807) is 0 Å². The van der Waals surface area contributed by atoms with Gasteiger partial charge in [-0.15, -0.1) is 0 Å². The molecule has 0 aliphatic heterocycles. The Labute approximate surface area is 119 Å². The van der Waals surface area contributed by atoms with Crippen molar-refractivity contribution in [2.75, 3.05) is 12.8 Å². The zero-order valence-corrected chi connectivity index (χ0v) is 14.1. The lowest BCUT2D eigenvalue weighted by Crippen LogP contribution is -2.42. The Hall–Kier alpha value is 0.310. The minimum absolute atomic E-state index is 0.375. The fourth-order valence-corrected chi connectivity index (χ4v) is 3.06. The zero-order chi connectivity index (χ0) is 13.8. The summed E-state index contributed by atoms with van der Waals surface area (Å²) in [5.41, 5.74) is 0.545. The Morgan fingerprint density at radius 1 is 1.06 bits per heavy atom. The standard InChI is InChI=1S/C16H33NS/c1-7-15(2,3)13-8-10-14(11-9-13)17-12-16(4,5)18-6/h13-14,17H,7-12H2,1-6H3. The lowest BCUT2D eigenvalue weighted by molar-refractivity contribution is 0.136. The first-order chi connectivity index (χ1) is 8.30. The van der Waals surface area contributed by atoms with E-state index in [9.17, 15) is 0 Å². The minimum atomic E-state index is 0.375. The summed E-state index contributed by atoms with van der Waals surface area (Å²) in [7, 11) is 0. The van der Waals surface area contributed by atoms with Crippen molar-refractivity contribution < 1.29 is 0 Å². The Morgan fingerprint density at radius 2 is 1.61 bits per heavy atom. The van der Waals surface area contributed by atoms with Crippen LogP contribution in [0.15, 0.2) is 0 Å².